The molecule has 0 amide bonds. The second kappa shape index (κ2) is 5.06. The maximum Gasteiger partial charge on any atom is 0.305 e. The third-order valence-electron chi connectivity index (χ3n) is 4.23. The van der Waals surface area contributed by atoms with E-state index in [9.17, 15) is 15.2 Å². The number of nitrogens with zero attached hydrogens (tertiary/aromatic N) is 1. The van der Waals surface area contributed by atoms with E-state index >= 15 is 0 Å². The van der Waals surface area contributed by atoms with E-state index in [0.717, 1.165) is 35.1 Å². The molecule has 104 valence electrons. The summed E-state index contributed by atoms with van der Waals surface area (Å²) in [5, 5.41) is 19.2. The summed E-state index contributed by atoms with van der Waals surface area (Å²) in [6.45, 7) is 0. The maximum absolute atomic E-state index is 11.4. The first-order valence-corrected chi connectivity index (χ1v) is 6.97. The first-order chi connectivity index (χ1) is 10.2. The monoisotopic (exact) mass is 277 g/mol. The van der Waals surface area contributed by atoms with Crippen LogP contribution >= 0.6 is 0 Å². The third-order valence-corrected chi connectivity index (χ3v) is 4.23. The van der Waals surface area contributed by atoms with Crippen molar-refractivity contribution < 1.29 is 9.90 Å². The highest BCUT2D eigenvalue weighted by molar-refractivity contribution is 5.73. The van der Waals surface area contributed by atoms with Crippen LogP contribution in [0.2, 0.25) is 0 Å². The van der Waals surface area contributed by atoms with Crippen LogP contribution in [-0.2, 0) is 23.1 Å². The number of carbonyl (C=O) groups is 1. The van der Waals surface area contributed by atoms with Gasteiger partial charge in [0.15, 0.2) is 0 Å². The Morgan fingerprint density at radius 3 is 1.95 bits per heavy atom. The van der Waals surface area contributed by atoms with Crippen LogP contribution in [0, 0.1) is 11.3 Å². The standard InChI is InChI=1S/C18H15NO2/c19-12-18(11-17(20)21)15-7-3-1-5-13(15)9-10-14-6-2-4-8-16(14)18/h1-8H,9-11H2,(H,20,21). The molecule has 0 fully saturated rings. The SMILES string of the molecule is N#CC1(CC(=O)O)c2ccccc2CCc2ccccc21. The van der Waals surface area contributed by atoms with Gasteiger partial charge in [-0.2, -0.15) is 5.26 Å². The fraction of sp³-hybridized carbons (Fsp3) is 0.222. The number of carboxylic acids is 1. The van der Waals surface area contributed by atoms with Gasteiger partial charge in [-0.15, -0.1) is 0 Å². The van der Waals surface area contributed by atoms with Crippen LogP contribution in [0.4, 0.5) is 0 Å². The Hall–Kier alpha value is -2.60. The number of hydrogen-bond acceptors (Lipinski definition) is 2. The summed E-state index contributed by atoms with van der Waals surface area (Å²) < 4.78 is 0. The molecule has 0 saturated heterocycles. The summed E-state index contributed by atoms with van der Waals surface area (Å²) in [4.78, 5) is 11.4. The van der Waals surface area contributed by atoms with Gasteiger partial charge in [-0.25, -0.2) is 0 Å². The fourth-order valence-electron chi connectivity index (χ4n) is 3.30. The minimum absolute atomic E-state index is 0.211. The molecule has 0 saturated carbocycles. The number of benzene rings is 2. The molecule has 3 rings (SSSR count). The first-order valence-electron chi connectivity index (χ1n) is 6.97. The minimum Gasteiger partial charge on any atom is -0.481 e. The van der Waals surface area contributed by atoms with Crippen LogP contribution in [0.1, 0.15) is 28.7 Å². The number of aryl methyl sites for hydroxylation is 2. The maximum atomic E-state index is 11.4. The number of aliphatic carboxylic acids is 1. The van der Waals surface area contributed by atoms with E-state index in [4.69, 9.17) is 0 Å². The van der Waals surface area contributed by atoms with Crippen LogP contribution in [0.15, 0.2) is 48.5 Å². The van der Waals surface area contributed by atoms with Crippen LogP contribution in [0.3, 0.4) is 0 Å². The zero-order valence-corrected chi connectivity index (χ0v) is 11.5. The van der Waals surface area contributed by atoms with Crippen molar-refractivity contribution in [3.63, 3.8) is 0 Å². The Labute approximate surface area is 123 Å². The van der Waals surface area contributed by atoms with Gasteiger partial charge in [0.2, 0.25) is 0 Å². The van der Waals surface area contributed by atoms with Crippen molar-refractivity contribution in [1.29, 1.82) is 5.26 Å². The molecule has 21 heavy (non-hydrogen) atoms. The lowest BCUT2D eigenvalue weighted by Gasteiger charge is -2.28. The topological polar surface area (TPSA) is 61.1 Å². The zero-order chi connectivity index (χ0) is 14.9. The van der Waals surface area contributed by atoms with E-state index in [1.165, 1.54) is 0 Å². The molecule has 0 spiro atoms. The van der Waals surface area contributed by atoms with E-state index < -0.39 is 11.4 Å². The molecule has 3 heteroatoms. The van der Waals surface area contributed by atoms with Gasteiger partial charge in [0, 0.05) is 0 Å². The van der Waals surface area contributed by atoms with Crippen LogP contribution in [0.5, 0.6) is 0 Å². The van der Waals surface area contributed by atoms with Gasteiger partial charge in [-0.1, -0.05) is 48.5 Å². The number of hydrogen-bond donors (Lipinski definition) is 1. The Morgan fingerprint density at radius 1 is 1.05 bits per heavy atom. The van der Waals surface area contributed by atoms with Crippen molar-refractivity contribution in [1.82, 2.24) is 0 Å². The molecule has 3 nitrogen and oxygen atoms in total. The highest BCUT2D eigenvalue weighted by atomic mass is 16.4. The van der Waals surface area contributed by atoms with Crippen molar-refractivity contribution in [3.05, 3.63) is 70.8 Å². The van der Waals surface area contributed by atoms with Crippen LogP contribution in [-0.4, -0.2) is 11.1 Å². The van der Waals surface area contributed by atoms with E-state index in [1.54, 1.807) is 0 Å². The van der Waals surface area contributed by atoms with Gasteiger partial charge in [-0.3, -0.25) is 4.79 Å². The molecule has 0 aromatic heterocycles. The predicted molar refractivity (Wildman–Crippen MR) is 78.9 cm³/mol. The lowest BCUT2D eigenvalue weighted by atomic mass is 9.71. The Morgan fingerprint density at radius 2 is 1.52 bits per heavy atom. The van der Waals surface area contributed by atoms with Crippen LogP contribution < -0.4 is 0 Å². The molecule has 1 aliphatic carbocycles. The summed E-state index contributed by atoms with van der Waals surface area (Å²) in [6, 6.07) is 17.7. The van der Waals surface area contributed by atoms with Crippen molar-refractivity contribution in [2.24, 2.45) is 0 Å². The molecule has 1 aliphatic rings. The molecular formula is C18H15NO2. The van der Waals surface area contributed by atoms with Gasteiger partial charge in [0.25, 0.3) is 0 Å². The molecule has 0 heterocycles. The summed E-state index contributed by atoms with van der Waals surface area (Å²) in [6.07, 6.45) is 1.45. The van der Waals surface area contributed by atoms with E-state index in [2.05, 4.69) is 6.07 Å². The molecule has 0 aliphatic heterocycles. The largest absolute Gasteiger partial charge is 0.481 e. The number of rotatable bonds is 2. The summed E-state index contributed by atoms with van der Waals surface area (Å²) in [7, 11) is 0. The molecule has 0 atom stereocenters. The number of carboxylic acid groups (broad SMARTS) is 1. The Kier molecular flexibility index (Phi) is 3.23. The van der Waals surface area contributed by atoms with Gasteiger partial charge in [0.1, 0.15) is 5.41 Å². The summed E-state index contributed by atoms with van der Waals surface area (Å²) in [5.74, 6) is -0.956. The van der Waals surface area contributed by atoms with Gasteiger partial charge in [0.05, 0.1) is 12.5 Å². The predicted octanol–water partition coefficient (Wildman–Crippen LogP) is 3.07. The summed E-state index contributed by atoms with van der Waals surface area (Å²) >= 11 is 0. The Balaban J connectivity index is 2.34. The van der Waals surface area contributed by atoms with E-state index in [-0.39, 0.29) is 6.42 Å². The Bertz CT molecular complexity index is 695. The van der Waals surface area contributed by atoms with E-state index in [1.807, 2.05) is 48.5 Å². The number of nitriles is 1. The highest BCUT2D eigenvalue weighted by Crippen LogP contribution is 2.41. The molecule has 1 N–H and O–H groups in total. The molecule has 0 radical (unpaired) electrons. The van der Waals surface area contributed by atoms with Gasteiger partial charge in [-0.05, 0) is 35.1 Å². The van der Waals surface area contributed by atoms with Gasteiger partial charge >= 0.3 is 5.97 Å². The van der Waals surface area contributed by atoms with Crippen LogP contribution in [0.25, 0.3) is 0 Å². The minimum atomic E-state index is -1.10. The van der Waals surface area contributed by atoms with Gasteiger partial charge < -0.3 is 5.11 Å². The first kappa shape index (κ1) is 13.4. The highest BCUT2D eigenvalue weighted by Gasteiger charge is 2.41. The fourth-order valence-corrected chi connectivity index (χ4v) is 3.30. The van der Waals surface area contributed by atoms with Crippen molar-refractivity contribution in [3.8, 4) is 6.07 Å². The van der Waals surface area contributed by atoms with E-state index in [0.29, 0.717) is 0 Å². The lowest BCUT2D eigenvalue weighted by Crippen LogP contribution is -2.30. The number of fused-ring (bicyclic) bond motifs is 2. The molecular weight excluding hydrogens is 262 g/mol. The van der Waals surface area contributed by atoms with Crippen molar-refractivity contribution in [2.75, 3.05) is 0 Å². The quantitative estimate of drug-likeness (QED) is 0.917. The molecule has 0 bridgehead atoms. The van der Waals surface area contributed by atoms with Crippen molar-refractivity contribution >= 4 is 5.97 Å². The average Bonchev–Trinajstić information content (AvgIpc) is 2.63. The summed E-state index contributed by atoms with van der Waals surface area (Å²) in [5.41, 5.74) is 2.70. The van der Waals surface area contributed by atoms with Crippen molar-refractivity contribution in [2.45, 2.75) is 24.7 Å². The molecule has 2 aromatic carbocycles. The molecule has 2 aromatic rings. The lowest BCUT2D eigenvalue weighted by molar-refractivity contribution is -0.137. The second-order valence-electron chi connectivity index (χ2n) is 5.40. The third kappa shape index (κ3) is 2.09. The zero-order valence-electron chi connectivity index (χ0n) is 11.5. The normalized spacial score (nSPS) is 15.2. The molecule has 0 unspecified atom stereocenters. The average molecular weight is 277 g/mol. The smallest absolute Gasteiger partial charge is 0.305 e. The second-order valence-corrected chi connectivity index (χ2v) is 5.40.